The van der Waals surface area contributed by atoms with E-state index in [1.54, 1.807) is 36.5 Å². The second-order valence-electron chi connectivity index (χ2n) is 8.02. The summed E-state index contributed by atoms with van der Waals surface area (Å²) in [4.78, 5) is 4.59. The number of rotatable bonds is 6. The van der Waals surface area contributed by atoms with Crippen molar-refractivity contribution in [3.05, 3.63) is 72.2 Å². The van der Waals surface area contributed by atoms with Crippen LogP contribution < -0.4 is 0 Å². The van der Waals surface area contributed by atoms with Crippen molar-refractivity contribution >= 4 is 20.7 Å². The highest BCUT2D eigenvalue weighted by Gasteiger charge is 2.55. The highest BCUT2D eigenvalue weighted by Crippen LogP contribution is 2.40. The molecule has 1 atom stereocenters. The lowest BCUT2D eigenvalue weighted by molar-refractivity contribution is -0.269. The Morgan fingerprint density at radius 1 is 1.09 bits per heavy atom. The number of alkyl halides is 3. The number of nitrogens with zero attached hydrogens (tertiary/aromatic N) is 4. The van der Waals surface area contributed by atoms with Crippen LogP contribution in [0.3, 0.4) is 0 Å². The number of aromatic nitrogens is 4. The van der Waals surface area contributed by atoms with E-state index < -0.39 is 33.7 Å². The van der Waals surface area contributed by atoms with E-state index in [4.69, 9.17) is 0 Å². The molecule has 0 saturated carbocycles. The van der Waals surface area contributed by atoms with Crippen molar-refractivity contribution in [2.24, 2.45) is 0 Å². The van der Waals surface area contributed by atoms with Crippen molar-refractivity contribution in [2.45, 2.75) is 36.6 Å². The van der Waals surface area contributed by atoms with E-state index in [0.29, 0.717) is 11.1 Å². The first kappa shape index (κ1) is 23.8. The summed E-state index contributed by atoms with van der Waals surface area (Å²) < 4.78 is 65.0. The average molecular weight is 491 g/mol. The summed E-state index contributed by atoms with van der Waals surface area (Å²) in [6, 6.07) is 13.8. The molecular formula is C23H21F3N4O3S. The third-order valence-corrected chi connectivity index (χ3v) is 6.78. The molecule has 1 unspecified atom stereocenters. The number of benzene rings is 2. The molecular weight excluding hydrogens is 469 g/mol. The van der Waals surface area contributed by atoms with Gasteiger partial charge in [-0.3, -0.25) is 4.98 Å². The number of sulfone groups is 1. The minimum atomic E-state index is -4.87. The maximum atomic E-state index is 13.3. The molecule has 1 N–H and O–H groups in total. The van der Waals surface area contributed by atoms with E-state index in [-0.39, 0.29) is 11.4 Å². The minimum absolute atomic E-state index is 0.121. The topological polar surface area (TPSA) is 98.0 Å². The van der Waals surface area contributed by atoms with Crippen LogP contribution in [-0.2, 0) is 22.0 Å². The Labute approximate surface area is 193 Å². The van der Waals surface area contributed by atoms with Gasteiger partial charge < -0.3 is 5.11 Å². The van der Waals surface area contributed by atoms with Crippen LogP contribution in [0.2, 0.25) is 0 Å². The van der Waals surface area contributed by atoms with Gasteiger partial charge in [-0.25, -0.2) is 13.1 Å². The Hall–Kier alpha value is -3.31. The first-order valence-corrected chi connectivity index (χ1v) is 12.2. The summed E-state index contributed by atoms with van der Waals surface area (Å²) in [6.45, 7) is 1.35. The van der Waals surface area contributed by atoms with Crippen molar-refractivity contribution in [2.75, 3.05) is 6.26 Å². The summed E-state index contributed by atoms with van der Waals surface area (Å²) in [7, 11) is -3.37. The van der Waals surface area contributed by atoms with E-state index in [1.807, 2.05) is 12.1 Å². The molecule has 0 fully saturated rings. The smallest absolute Gasteiger partial charge is 0.375 e. The molecule has 11 heteroatoms. The Balaban J connectivity index is 1.66. The third-order valence-electron chi connectivity index (χ3n) is 5.67. The van der Waals surface area contributed by atoms with Crippen LogP contribution in [0.5, 0.6) is 0 Å². The zero-order valence-corrected chi connectivity index (χ0v) is 19.1. The van der Waals surface area contributed by atoms with Gasteiger partial charge in [-0.05, 0) is 47.4 Å². The summed E-state index contributed by atoms with van der Waals surface area (Å²) in [6.07, 6.45) is -1.62. The number of halogens is 3. The van der Waals surface area contributed by atoms with Gasteiger partial charge in [0.1, 0.15) is 5.69 Å². The number of hydrogen-bond acceptors (Lipinski definition) is 6. The molecule has 4 aromatic rings. The molecule has 0 spiro atoms. The number of aliphatic hydroxyl groups is 1. The van der Waals surface area contributed by atoms with Crippen LogP contribution in [0.4, 0.5) is 13.2 Å². The van der Waals surface area contributed by atoms with Gasteiger partial charge in [0.15, 0.2) is 9.84 Å². The predicted octanol–water partition coefficient (Wildman–Crippen LogP) is 4.11. The fraction of sp³-hybridized carbons (Fsp3) is 0.261. The van der Waals surface area contributed by atoms with Crippen molar-refractivity contribution in [3.8, 4) is 11.1 Å². The largest absolute Gasteiger partial charge is 0.423 e. The fourth-order valence-electron chi connectivity index (χ4n) is 3.72. The summed E-state index contributed by atoms with van der Waals surface area (Å²) in [5.41, 5.74) is -0.773. The Kier molecular flexibility index (Phi) is 5.94. The number of hydrogen-bond donors (Lipinski definition) is 1. The SMILES string of the molecule is CCC(O)(c1cn(Cc2ccc3c(-c4cccc(S(C)(=O)=O)c4)ccnc3c2)nn1)C(F)(F)F. The Bertz CT molecular complexity index is 1470. The maximum Gasteiger partial charge on any atom is 0.423 e. The molecule has 2 aromatic carbocycles. The van der Waals surface area contributed by atoms with Crippen LogP contribution in [0.15, 0.2) is 65.8 Å². The van der Waals surface area contributed by atoms with Gasteiger partial charge in [0.25, 0.3) is 0 Å². The number of fused-ring (bicyclic) bond motifs is 1. The van der Waals surface area contributed by atoms with Gasteiger partial charge in [0, 0.05) is 17.8 Å². The van der Waals surface area contributed by atoms with E-state index in [1.165, 1.54) is 17.7 Å². The minimum Gasteiger partial charge on any atom is -0.375 e. The highest BCUT2D eigenvalue weighted by molar-refractivity contribution is 7.90. The average Bonchev–Trinajstić information content (AvgIpc) is 3.25. The lowest BCUT2D eigenvalue weighted by atomic mass is 9.96. The summed E-state index contributed by atoms with van der Waals surface area (Å²) >= 11 is 0. The number of pyridine rings is 1. The first-order valence-electron chi connectivity index (χ1n) is 10.3. The zero-order valence-electron chi connectivity index (χ0n) is 18.3. The Morgan fingerprint density at radius 3 is 2.53 bits per heavy atom. The normalized spacial score (nSPS) is 14.3. The lowest BCUT2D eigenvalue weighted by Crippen LogP contribution is -2.42. The molecule has 34 heavy (non-hydrogen) atoms. The second kappa shape index (κ2) is 8.48. The quantitative estimate of drug-likeness (QED) is 0.437. The molecule has 178 valence electrons. The van der Waals surface area contributed by atoms with Crippen LogP contribution in [0.1, 0.15) is 24.6 Å². The molecule has 0 bridgehead atoms. The van der Waals surface area contributed by atoms with Crippen LogP contribution in [0.25, 0.3) is 22.0 Å². The molecule has 0 amide bonds. The van der Waals surface area contributed by atoms with Crippen molar-refractivity contribution in [1.29, 1.82) is 0 Å². The van der Waals surface area contributed by atoms with Crippen LogP contribution in [0, 0.1) is 0 Å². The standard InChI is InChI=1S/C23H21F3N4O3S/c1-3-22(31,23(24,25)26)21-14-30(29-28-21)13-15-7-8-19-18(9-10-27-20(19)11-15)16-5-4-6-17(12-16)34(2,32)33/h4-12,14,31H,3,13H2,1-2H3. The van der Waals surface area contributed by atoms with E-state index >= 15 is 0 Å². The molecule has 0 aliphatic heterocycles. The van der Waals surface area contributed by atoms with E-state index in [9.17, 15) is 26.7 Å². The van der Waals surface area contributed by atoms with Gasteiger partial charge in [-0.2, -0.15) is 13.2 Å². The van der Waals surface area contributed by atoms with E-state index in [0.717, 1.165) is 29.0 Å². The highest BCUT2D eigenvalue weighted by atomic mass is 32.2. The molecule has 0 aliphatic rings. The molecule has 0 aliphatic carbocycles. The lowest BCUT2D eigenvalue weighted by Gasteiger charge is -2.26. The molecule has 2 heterocycles. The van der Waals surface area contributed by atoms with E-state index in [2.05, 4.69) is 15.3 Å². The molecule has 0 saturated heterocycles. The molecule has 0 radical (unpaired) electrons. The molecule has 7 nitrogen and oxygen atoms in total. The molecule has 4 rings (SSSR count). The van der Waals surface area contributed by atoms with Crippen molar-refractivity contribution < 1.29 is 26.7 Å². The molecule has 2 aromatic heterocycles. The van der Waals surface area contributed by atoms with Gasteiger partial charge >= 0.3 is 6.18 Å². The zero-order chi connectivity index (χ0) is 24.7. The Morgan fingerprint density at radius 2 is 1.85 bits per heavy atom. The predicted molar refractivity (Wildman–Crippen MR) is 120 cm³/mol. The van der Waals surface area contributed by atoms with Gasteiger partial charge in [0.2, 0.25) is 5.60 Å². The third kappa shape index (κ3) is 4.40. The second-order valence-corrected chi connectivity index (χ2v) is 10.0. The summed E-state index contributed by atoms with van der Waals surface area (Å²) in [5.74, 6) is 0. The van der Waals surface area contributed by atoms with Crippen LogP contribution >= 0.6 is 0 Å². The van der Waals surface area contributed by atoms with Crippen LogP contribution in [-0.4, -0.2) is 45.9 Å². The maximum absolute atomic E-state index is 13.3. The monoisotopic (exact) mass is 490 g/mol. The summed E-state index contributed by atoms with van der Waals surface area (Å²) in [5, 5.41) is 18.1. The van der Waals surface area contributed by atoms with Crippen molar-refractivity contribution in [1.82, 2.24) is 20.0 Å². The van der Waals surface area contributed by atoms with Crippen molar-refractivity contribution in [3.63, 3.8) is 0 Å². The van der Waals surface area contributed by atoms with Gasteiger partial charge in [0.05, 0.1) is 23.2 Å². The fourth-order valence-corrected chi connectivity index (χ4v) is 4.38. The van der Waals surface area contributed by atoms with Gasteiger partial charge in [-0.1, -0.05) is 36.4 Å². The first-order chi connectivity index (χ1) is 15.9. The van der Waals surface area contributed by atoms with Gasteiger partial charge in [-0.15, -0.1) is 5.10 Å².